The van der Waals surface area contributed by atoms with Crippen LogP contribution in [-0.4, -0.2) is 31.3 Å². The Morgan fingerprint density at radius 3 is 2.56 bits per heavy atom. The third-order valence-corrected chi connectivity index (χ3v) is 3.66. The zero-order chi connectivity index (χ0) is 13.4. The summed E-state index contributed by atoms with van der Waals surface area (Å²) in [5.41, 5.74) is 3.26. The normalized spacial score (nSPS) is 21.6. The van der Waals surface area contributed by atoms with E-state index in [1.807, 2.05) is 27.0 Å². The van der Waals surface area contributed by atoms with Gasteiger partial charge in [-0.25, -0.2) is 0 Å². The van der Waals surface area contributed by atoms with Crippen molar-refractivity contribution in [2.75, 3.05) is 19.1 Å². The highest BCUT2D eigenvalue weighted by Crippen LogP contribution is 2.39. The Kier molecular flexibility index (Phi) is 3.20. The summed E-state index contributed by atoms with van der Waals surface area (Å²) < 4.78 is 5.28. The molecular formula is C14H19NO3. The number of carboxylic acids is 1. The molecule has 1 aliphatic carbocycles. The van der Waals surface area contributed by atoms with Gasteiger partial charge in [0.1, 0.15) is 5.75 Å². The lowest BCUT2D eigenvalue weighted by molar-refractivity contribution is -0.138. The van der Waals surface area contributed by atoms with Crippen LogP contribution >= 0.6 is 0 Å². The molecule has 98 valence electrons. The molecule has 2 atom stereocenters. The van der Waals surface area contributed by atoms with Crippen molar-refractivity contribution >= 4 is 11.7 Å². The summed E-state index contributed by atoms with van der Waals surface area (Å²) in [4.78, 5) is 13.0. The summed E-state index contributed by atoms with van der Waals surface area (Å²) in [6.45, 7) is 4.02. The van der Waals surface area contributed by atoms with E-state index in [0.29, 0.717) is 0 Å². The first kappa shape index (κ1) is 12.7. The lowest BCUT2D eigenvalue weighted by atomic mass is 10.1. The molecule has 4 nitrogen and oxygen atoms in total. The maximum atomic E-state index is 10.9. The van der Waals surface area contributed by atoms with Crippen LogP contribution in [0.2, 0.25) is 0 Å². The Morgan fingerprint density at radius 2 is 2.06 bits per heavy atom. The fourth-order valence-electron chi connectivity index (χ4n) is 2.43. The molecule has 0 bridgehead atoms. The number of aliphatic carboxylic acids is 1. The molecule has 0 radical (unpaired) electrons. The second-order valence-corrected chi connectivity index (χ2v) is 4.97. The van der Waals surface area contributed by atoms with Gasteiger partial charge in [-0.3, -0.25) is 4.79 Å². The maximum absolute atomic E-state index is 10.9. The van der Waals surface area contributed by atoms with E-state index in [-0.39, 0.29) is 12.0 Å². The van der Waals surface area contributed by atoms with Gasteiger partial charge in [-0.05, 0) is 43.5 Å². The zero-order valence-electron chi connectivity index (χ0n) is 11.2. The van der Waals surface area contributed by atoms with Crippen molar-refractivity contribution in [2.45, 2.75) is 26.3 Å². The molecule has 0 spiro atoms. The van der Waals surface area contributed by atoms with Gasteiger partial charge in [0.05, 0.1) is 13.0 Å². The van der Waals surface area contributed by atoms with Gasteiger partial charge in [0.25, 0.3) is 0 Å². The maximum Gasteiger partial charge on any atom is 0.308 e. The van der Waals surface area contributed by atoms with Gasteiger partial charge >= 0.3 is 5.97 Å². The predicted octanol–water partition coefficient (Wildman–Crippen LogP) is 2.22. The quantitative estimate of drug-likeness (QED) is 0.889. The molecule has 0 aliphatic heterocycles. The minimum Gasteiger partial charge on any atom is -0.496 e. The highest BCUT2D eigenvalue weighted by molar-refractivity contribution is 5.76. The van der Waals surface area contributed by atoms with Gasteiger partial charge in [-0.2, -0.15) is 0 Å². The largest absolute Gasteiger partial charge is 0.496 e. The number of carbonyl (C=O) groups is 1. The van der Waals surface area contributed by atoms with Crippen LogP contribution in [0.5, 0.6) is 5.75 Å². The van der Waals surface area contributed by atoms with Crippen molar-refractivity contribution in [1.82, 2.24) is 0 Å². The Bertz CT molecular complexity index is 484. The van der Waals surface area contributed by atoms with Gasteiger partial charge in [0.2, 0.25) is 0 Å². The third kappa shape index (κ3) is 2.15. The van der Waals surface area contributed by atoms with Gasteiger partial charge in [0.15, 0.2) is 0 Å². The van der Waals surface area contributed by atoms with Crippen molar-refractivity contribution in [3.8, 4) is 5.75 Å². The van der Waals surface area contributed by atoms with E-state index < -0.39 is 5.97 Å². The molecule has 1 N–H and O–H groups in total. The number of benzene rings is 1. The molecule has 1 saturated carbocycles. The molecule has 4 heteroatoms. The van der Waals surface area contributed by atoms with Crippen molar-refractivity contribution in [3.63, 3.8) is 0 Å². The van der Waals surface area contributed by atoms with Gasteiger partial charge in [-0.15, -0.1) is 0 Å². The van der Waals surface area contributed by atoms with Crippen LogP contribution in [0, 0.1) is 19.8 Å². The van der Waals surface area contributed by atoms with Crippen molar-refractivity contribution in [3.05, 3.63) is 23.3 Å². The lowest BCUT2D eigenvalue weighted by Crippen LogP contribution is -2.24. The standard InChI is InChI=1S/C14H19NO3/c1-8-6-13(18-4)9(2)5-11(8)15(3)12-7-10(12)14(16)17/h5-6,10,12H,7H2,1-4H3,(H,16,17). The molecule has 0 heterocycles. The van der Waals surface area contributed by atoms with Crippen LogP contribution in [0.15, 0.2) is 12.1 Å². The van der Waals surface area contributed by atoms with Crippen LogP contribution in [0.4, 0.5) is 5.69 Å². The van der Waals surface area contributed by atoms with Crippen LogP contribution in [0.25, 0.3) is 0 Å². The van der Waals surface area contributed by atoms with Crippen molar-refractivity contribution in [2.24, 2.45) is 5.92 Å². The Morgan fingerprint density at radius 1 is 1.39 bits per heavy atom. The van der Waals surface area contributed by atoms with E-state index in [1.54, 1.807) is 7.11 Å². The van der Waals surface area contributed by atoms with Crippen molar-refractivity contribution in [1.29, 1.82) is 0 Å². The number of ether oxygens (including phenoxy) is 1. The van der Waals surface area contributed by atoms with Gasteiger partial charge < -0.3 is 14.7 Å². The summed E-state index contributed by atoms with van der Waals surface area (Å²) in [6, 6.07) is 4.18. The molecule has 2 unspecified atom stereocenters. The minimum absolute atomic E-state index is 0.119. The molecule has 2 rings (SSSR count). The number of carboxylic acid groups (broad SMARTS) is 1. The van der Waals surface area contributed by atoms with Gasteiger partial charge in [-0.1, -0.05) is 0 Å². The van der Waals surface area contributed by atoms with E-state index in [4.69, 9.17) is 9.84 Å². The first-order valence-corrected chi connectivity index (χ1v) is 6.06. The summed E-state index contributed by atoms with van der Waals surface area (Å²) in [7, 11) is 3.62. The second kappa shape index (κ2) is 4.52. The molecule has 0 aromatic heterocycles. The van der Waals surface area contributed by atoms with Crippen LogP contribution in [-0.2, 0) is 4.79 Å². The Hall–Kier alpha value is -1.71. The van der Waals surface area contributed by atoms with E-state index in [2.05, 4.69) is 11.0 Å². The van der Waals surface area contributed by atoms with E-state index >= 15 is 0 Å². The minimum atomic E-state index is -0.699. The molecule has 0 amide bonds. The van der Waals surface area contributed by atoms with Gasteiger partial charge in [0, 0.05) is 18.8 Å². The van der Waals surface area contributed by atoms with Crippen molar-refractivity contribution < 1.29 is 14.6 Å². The second-order valence-electron chi connectivity index (χ2n) is 4.97. The van der Waals surface area contributed by atoms with Crippen LogP contribution in [0.1, 0.15) is 17.5 Å². The first-order valence-electron chi connectivity index (χ1n) is 6.06. The number of hydrogen-bond donors (Lipinski definition) is 1. The average Bonchev–Trinajstić information content (AvgIpc) is 3.10. The smallest absolute Gasteiger partial charge is 0.308 e. The Balaban J connectivity index is 2.24. The molecule has 18 heavy (non-hydrogen) atoms. The molecular weight excluding hydrogens is 230 g/mol. The summed E-state index contributed by atoms with van der Waals surface area (Å²) in [6.07, 6.45) is 0.732. The summed E-state index contributed by atoms with van der Waals surface area (Å²) >= 11 is 0. The zero-order valence-corrected chi connectivity index (χ0v) is 11.2. The third-order valence-electron chi connectivity index (χ3n) is 3.66. The van der Waals surface area contributed by atoms with E-state index in [0.717, 1.165) is 29.0 Å². The van der Waals surface area contributed by atoms with E-state index in [1.165, 1.54) is 0 Å². The number of nitrogens with zero attached hydrogens (tertiary/aromatic N) is 1. The molecule has 1 aliphatic rings. The number of aryl methyl sites for hydroxylation is 2. The molecule has 1 aromatic rings. The SMILES string of the molecule is COc1cc(C)c(N(C)C2CC2C(=O)O)cc1C. The number of methoxy groups -OCH3 is 1. The fraction of sp³-hybridized carbons (Fsp3) is 0.500. The molecule has 1 fully saturated rings. The highest BCUT2D eigenvalue weighted by atomic mass is 16.5. The molecule has 0 saturated heterocycles. The average molecular weight is 249 g/mol. The van der Waals surface area contributed by atoms with E-state index in [9.17, 15) is 4.79 Å². The first-order chi connectivity index (χ1) is 8.45. The topological polar surface area (TPSA) is 49.8 Å². The number of hydrogen-bond acceptors (Lipinski definition) is 3. The van der Waals surface area contributed by atoms with Crippen LogP contribution < -0.4 is 9.64 Å². The lowest BCUT2D eigenvalue weighted by Gasteiger charge is -2.23. The number of anilines is 1. The summed E-state index contributed by atoms with van der Waals surface area (Å²) in [5, 5.41) is 8.98. The monoisotopic (exact) mass is 249 g/mol. The fourth-order valence-corrected chi connectivity index (χ4v) is 2.43. The number of rotatable bonds is 4. The Labute approximate surface area is 107 Å². The van der Waals surface area contributed by atoms with Crippen LogP contribution in [0.3, 0.4) is 0 Å². The summed E-state index contributed by atoms with van der Waals surface area (Å²) in [5.74, 6) is -0.0539. The highest BCUT2D eigenvalue weighted by Gasteiger charge is 2.46. The predicted molar refractivity (Wildman–Crippen MR) is 70.4 cm³/mol. The molecule has 1 aromatic carbocycles.